The molecule has 1 unspecified atom stereocenters. The molecular formula is C12H19N3O2. The summed E-state index contributed by atoms with van der Waals surface area (Å²) in [7, 11) is 1.69. The van der Waals surface area contributed by atoms with Crippen LogP contribution in [0.25, 0.3) is 0 Å². The second-order valence-corrected chi connectivity index (χ2v) is 4.60. The molecule has 0 aromatic heterocycles. The normalized spacial score (nSPS) is 18.5. The van der Waals surface area contributed by atoms with Crippen LogP contribution in [-0.2, 0) is 9.59 Å². The monoisotopic (exact) mass is 237 g/mol. The van der Waals surface area contributed by atoms with Crippen molar-refractivity contribution in [3.8, 4) is 6.07 Å². The first-order valence-electron chi connectivity index (χ1n) is 5.94. The summed E-state index contributed by atoms with van der Waals surface area (Å²) in [5.41, 5.74) is -0.890. The SMILES string of the molecule is CCN(C)C(=O)C(C)NC(=O)C1(C#N)CCC1. The highest BCUT2D eigenvalue weighted by molar-refractivity contribution is 5.91. The molecule has 5 nitrogen and oxygen atoms in total. The molecule has 0 aromatic carbocycles. The van der Waals surface area contributed by atoms with E-state index in [1.807, 2.05) is 6.92 Å². The Hall–Kier alpha value is -1.57. The zero-order valence-corrected chi connectivity index (χ0v) is 10.6. The molecule has 1 fully saturated rings. The highest BCUT2D eigenvalue weighted by atomic mass is 16.2. The van der Waals surface area contributed by atoms with E-state index in [0.717, 1.165) is 6.42 Å². The van der Waals surface area contributed by atoms with Crippen LogP contribution in [0.5, 0.6) is 0 Å². The van der Waals surface area contributed by atoms with Gasteiger partial charge in [-0.05, 0) is 33.1 Å². The molecule has 0 radical (unpaired) electrons. The van der Waals surface area contributed by atoms with Gasteiger partial charge in [0.25, 0.3) is 0 Å². The van der Waals surface area contributed by atoms with Gasteiger partial charge in [-0.3, -0.25) is 9.59 Å². The van der Waals surface area contributed by atoms with E-state index < -0.39 is 11.5 Å². The molecule has 1 aliphatic carbocycles. The van der Waals surface area contributed by atoms with Crippen LogP contribution in [0.2, 0.25) is 0 Å². The Morgan fingerprint density at radius 3 is 2.47 bits per heavy atom. The number of hydrogen-bond donors (Lipinski definition) is 1. The minimum absolute atomic E-state index is 0.131. The van der Waals surface area contributed by atoms with E-state index >= 15 is 0 Å². The molecule has 1 atom stereocenters. The maximum absolute atomic E-state index is 11.9. The van der Waals surface area contributed by atoms with E-state index in [0.29, 0.717) is 19.4 Å². The summed E-state index contributed by atoms with van der Waals surface area (Å²) >= 11 is 0. The first-order chi connectivity index (χ1) is 7.96. The van der Waals surface area contributed by atoms with Gasteiger partial charge in [0.05, 0.1) is 6.07 Å². The molecule has 1 N–H and O–H groups in total. The third-order valence-corrected chi connectivity index (χ3v) is 3.42. The molecule has 0 heterocycles. The number of likely N-dealkylation sites (N-methyl/N-ethyl adjacent to an activating group) is 1. The van der Waals surface area contributed by atoms with Crippen LogP contribution in [-0.4, -0.2) is 36.3 Å². The first-order valence-corrected chi connectivity index (χ1v) is 5.94. The fraction of sp³-hybridized carbons (Fsp3) is 0.750. The van der Waals surface area contributed by atoms with Crippen molar-refractivity contribution in [3.05, 3.63) is 0 Å². The van der Waals surface area contributed by atoms with Crippen LogP contribution in [0, 0.1) is 16.7 Å². The largest absolute Gasteiger partial charge is 0.344 e. The average molecular weight is 237 g/mol. The van der Waals surface area contributed by atoms with Crippen LogP contribution in [0.3, 0.4) is 0 Å². The lowest BCUT2D eigenvalue weighted by atomic mass is 9.69. The lowest BCUT2D eigenvalue weighted by Crippen LogP contribution is -2.52. The lowest BCUT2D eigenvalue weighted by Gasteiger charge is -2.34. The Labute approximate surface area is 102 Å². The van der Waals surface area contributed by atoms with E-state index in [1.54, 1.807) is 18.9 Å². The third kappa shape index (κ3) is 2.57. The molecule has 0 saturated heterocycles. The molecule has 2 amide bonds. The van der Waals surface area contributed by atoms with Crippen LogP contribution in [0.1, 0.15) is 33.1 Å². The van der Waals surface area contributed by atoms with Crippen molar-refractivity contribution in [2.75, 3.05) is 13.6 Å². The molecule has 0 spiro atoms. The number of hydrogen-bond acceptors (Lipinski definition) is 3. The number of nitrogens with one attached hydrogen (secondary N) is 1. The van der Waals surface area contributed by atoms with Gasteiger partial charge in [0, 0.05) is 13.6 Å². The molecule has 0 aliphatic heterocycles. The molecular weight excluding hydrogens is 218 g/mol. The van der Waals surface area contributed by atoms with Crippen LogP contribution in [0.4, 0.5) is 0 Å². The molecule has 5 heteroatoms. The van der Waals surface area contributed by atoms with Crippen molar-refractivity contribution in [2.24, 2.45) is 5.41 Å². The Kier molecular flexibility index (Phi) is 4.11. The maximum Gasteiger partial charge on any atom is 0.244 e. The second-order valence-electron chi connectivity index (χ2n) is 4.60. The molecule has 0 bridgehead atoms. The molecule has 1 rings (SSSR count). The number of nitrogens with zero attached hydrogens (tertiary/aromatic N) is 2. The van der Waals surface area contributed by atoms with Gasteiger partial charge >= 0.3 is 0 Å². The summed E-state index contributed by atoms with van der Waals surface area (Å²) in [5.74, 6) is -0.440. The smallest absolute Gasteiger partial charge is 0.244 e. The van der Waals surface area contributed by atoms with Gasteiger partial charge in [0.15, 0.2) is 0 Å². The lowest BCUT2D eigenvalue weighted by molar-refractivity contribution is -0.138. The van der Waals surface area contributed by atoms with Gasteiger partial charge in [-0.2, -0.15) is 5.26 Å². The molecule has 1 saturated carbocycles. The number of carbonyl (C=O) groups excluding carboxylic acids is 2. The van der Waals surface area contributed by atoms with E-state index in [1.165, 1.54) is 0 Å². The first kappa shape index (κ1) is 13.5. The third-order valence-electron chi connectivity index (χ3n) is 3.42. The number of rotatable bonds is 4. The van der Waals surface area contributed by atoms with E-state index in [9.17, 15) is 9.59 Å². The number of amides is 2. The summed E-state index contributed by atoms with van der Waals surface area (Å²) < 4.78 is 0. The van der Waals surface area contributed by atoms with Gasteiger partial charge in [0.2, 0.25) is 11.8 Å². The van der Waals surface area contributed by atoms with Gasteiger partial charge in [-0.15, -0.1) is 0 Å². The summed E-state index contributed by atoms with van der Waals surface area (Å²) in [6.07, 6.45) is 2.10. The zero-order chi connectivity index (χ0) is 13.1. The van der Waals surface area contributed by atoms with Crippen LogP contribution >= 0.6 is 0 Å². The Bertz CT molecular complexity index is 355. The fourth-order valence-corrected chi connectivity index (χ4v) is 1.80. The summed E-state index contributed by atoms with van der Waals surface area (Å²) in [5, 5.41) is 11.6. The van der Waals surface area contributed by atoms with Crippen molar-refractivity contribution < 1.29 is 9.59 Å². The molecule has 0 aromatic rings. The van der Waals surface area contributed by atoms with Crippen LogP contribution in [0.15, 0.2) is 0 Å². The quantitative estimate of drug-likeness (QED) is 0.780. The highest BCUT2D eigenvalue weighted by Gasteiger charge is 2.45. The zero-order valence-electron chi connectivity index (χ0n) is 10.6. The van der Waals surface area contributed by atoms with Crippen molar-refractivity contribution in [3.63, 3.8) is 0 Å². The standard InChI is InChI=1S/C12H19N3O2/c1-4-15(3)10(16)9(2)14-11(17)12(8-13)6-5-7-12/h9H,4-7H2,1-3H3,(H,14,17). The van der Waals surface area contributed by atoms with Gasteiger partial charge in [-0.25, -0.2) is 0 Å². The van der Waals surface area contributed by atoms with Gasteiger partial charge < -0.3 is 10.2 Å². The van der Waals surface area contributed by atoms with E-state index in [-0.39, 0.29) is 11.8 Å². The predicted octanol–water partition coefficient (Wildman–Crippen LogP) is 0.663. The molecule has 17 heavy (non-hydrogen) atoms. The fourth-order valence-electron chi connectivity index (χ4n) is 1.80. The molecule has 94 valence electrons. The van der Waals surface area contributed by atoms with Crippen LogP contribution < -0.4 is 5.32 Å². The average Bonchev–Trinajstić information content (AvgIpc) is 2.26. The van der Waals surface area contributed by atoms with E-state index in [2.05, 4.69) is 11.4 Å². The Balaban J connectivity index is 2.57. The van der Waals surface area contributed by atoms with E-state index in [4.69, 9.17) is 5.26 Å². The number of nitriles is 1. The summed E-state index contributed by atoms with van der Waals surface area (Å²) in [4.78, 5) is 25.2. The van der Waals surface area contributed by atoms with Crippen molar-refractivity contribution >= 4 is 11.8 Å². The van der Waals surface area contributed by atoms with Gasteiger partial charge in [0.1, 0.15) is 11.5 Å². The van der Waals surface area contributed by atoms with Crippen molar-refractivity contribution in [1.29, 1.82) is 5.26 Å². The predicted molar refractivity (Wildman–Crippen MR) is 62.8 cm³/mol. The van der Waals surface area contributed by atoms with Crippen molar-refractivity contribution in [2.45, 2.75) is 39.2 Å². The minimum Gasteiger partial charge on any atom is -0.344 e. The summed E-state index contributed by atoms with van der Waals surface area (Å²) in [6.45, 7) is 4.12. The van der Waals surface area contributed by atoms with Gasteiger partial charge in [-0.1, -0.05) is 0 Å². The Morgan fingerprint density at radius 1 is 1.53 bits per heavy atom. The Morgan fingerprint density at radius 2 is 2.12 bits per heavy atom. The second kappa shape index (κ2) is 5.17. The van der Waals surface area contributed by atoms with Crippen molar-refractivity contribution in [1.82, 2.24) is 10.2 Å². The highest BCUT2D eigenvalue weighted by Crippen LogP contribution is 2.40. The summed E-state index contributed by atoms with van der Waals surface area (Å²) in [6, 6.07) is 1.49. The topological polar surface area (TPSA) is 73.2 Å². The molecule has 1 aliphatic rings. The maximum atomic E-state index is 11.9. The minimum atomic E-state index is -0.890. The number of carbonyl (C=O) groups is 2.